The molecule has 2 aromatic rings. The molecule has 1 aromatic heterocycles. The number of benzene rings is 1. The number of anilines is 1. The van der Waals surface area contributed by atoms with Crippen LogP contribution in [0.2, 0.25) is 5.02 Å². The smallest absolute Gasteiger partial charge is 0.218 e. The third-order valence-electron chi connectivity index (χ3n) is 2.20. The first-order chi connectivity index (χ1) is 7.61. The lowest BCUT2D eigenvalue weighted by atomic mass is 10.2. The Bertz CT molecular complexity index is 504. The molecular weight excluding hydrogens is 228 g/mol. The molecule has 6 heteroatoms. The summed E-state index contributed by atoms with van der Waals surface area (Å²) in [6.45, 7) is 0. The van der Waals surface area contributed by atoms with Gasteiger partial charge < -0.3 is 10.5 Å². The van der Waals surface area contributed by atoms with Crippen LogP contribution in [-0.2, 0) is 7.05 Å². The molecule has 2 rings (SSSR count). The molecule has 0 bridgehead atoms. The van der Waals surface area contributed by atoms with Crippen molar-refractivity contribution < 1.29 is 4.74 Å². The van der Waals surface area contributed by atoms with E-state index in [-0.39, 0.29) is 0 Å². The largest absolute Gasteiger partial charge is 0.496 e. The maximum atomic E-state index is 5.92. The molecule has 0 saturated carbocycles. The Morgan fingerprint density at radius 3 is 2.75 bits per heavy atom. The van der Waals surface area contributed by atoms with E-state index in [4.69, 9.17) is 22.1 Å². The van der Waals surface area contributed by atoms with Gasteiger partial charge in [-0.1, -0.05) is 11.6 Å². The number of hydrogen-bond donors (Lipinski definition) is 1. The first-order valence-corrected chi connectivity index (χ1v) is 5.00. The van der Waals surface area contributed by atoms with Gasteiger partial charge in [-0.15, -0.1) is 5.10 Å². The van der Waals surface area contributed by atoms with Gasteiger partial charge in [0, 0.05) is 12.1 Å². The standard InChI is InChI=1S/C10H11ClN4O/c1-15-10(12)13-9(14-15)7-5-6(11)3-4-8(7)16-2/h3-5H,1-2H3,(H2,12,13,14). The van der Waals surface area contributed by atoms with Crippen LogP contribution in [0.25, 0.3) is 11.4 Å². The minimum atomic E-state index is 0.344. The van der Waals surface area contributed by atoms with Crippen LogP contribution in [0.5, 0.6) is 5.75 Å². The lowest BCUT2D eigenvalue weighted by molar-refractivity contribution is 0.416. The van der Waals surface area contributed by atoms with Gasteiger partial charge in [0.05, 0.1) is 12.7 Å². The fraction of sp³-hybridized carbons (Fsp3) is 0.200. The average molecular weight is 239 g/mol. The van der Waals surface area contributed by atoms with Gasteiger partial charge >= 0.3 is 0 Å². The molecule has 0 aliphatic rings. The van der Waals surface area contributed by atoms with E-state index in [1.165, 1.54) is 4.68 Å². The fourth-order valence-corrected chi connectivity index (χ4v) is 1.54. The van der Waals surface area contributed by atoms with Gasteiger partial charge in [0.15, 0.2) is 5.82 Å². The van der Waals surface area contributed by atoms with Gasteiger partial charge in [-0.25, -0.2) is 4.68 Å². The quantitative estimate of drug-likeness (QED) is 0.865. The molecule has 16 heavy (non-hydrogen) atoms. The van der Waals surface area contributed by atoms with Crippen molar-refractivity contribution in [3.05, 3.63) is 23.2 Å². The van der Waals surface area contributed by atoms with Crippen molar-refractivity contribution in [1.29, 1.82) is 0 Å². The number of nitrogens with zero attached hydrogens (tertiary/aromatic N) is 3. The zero-order chi connectivity index (χ0) is 11.7. The van der Waals surface area contributed by atoms with Gasteiger partial charge in [-0.2, -0.15) is 4.98 Å². The van der Waals surface area contributed by atoms with Crippen LogP contribution < -0.4 is 10.5 Å². The summed E-state index contributed by atoms with van der Waals surface area (Å²) in [5.74, 6) is 1.51. The van der Waals surface area contributed by atoms with Crippen molar-refractivity contribution in [3.8, 4) is 17.1 Å². The minimum Gasteiger partial charge on any atom is -0.496 e. The van der Waals surface area contributed by atoms with Crippen LogP contribution in [0.3, 0.4) is 0 Å². The molecule has 0 aliphatic carbocycles. The average Bonchev–Trinajstić information content (AvgIpc) is 2.59. The fourth-order valence-electron chi connectivity index (χ4n) is 1.37. The molecule has 0 fully saturated rings. The van der Waals surface area contributed by atoms with Gasteiger partial charge in [0.2, 0.25) is 5.95 Å². The maximum Gasteiger partial charge on any atom is 0.218 e. The van der Waals surface area contributed by atoms with Crippen molar-refractivity contribution in [2.24, 2.45) is 7.05 Å². The van der Waals surface area contributed by atoms with Crippen molar-refractivity contribution in [3.63, 3.8) is 0 Å². The summed E-state index contributed by atoms with van der Waals surface area (Å²) in [6, 6.07) is 5.26. The van der Waals surface area contributed by atoms with Crippen molar-refractivity contribution in [2.45, 2.75) is 0 Å². The molecule has 0 radical (unpaired) electrons. The summed E-state index contributed by atoms with van der Waals surface area (Å²) in [5, 5.41) is 4.77. The summed E-state index contributed by atoms with van der Waals surface area (Å²) in [5.41, 5.74) is 6.35. The van der Waals surface area contributed by atoms with E-state index in [2.05, 4.69) is 10.1 Å². The molecule has 1 heterocycles. The Balaban J connectivity index is 2.57. The number of nitrogen functional groups attached to an aromatic ring is 1. The van der Waals surface area contributed by atoms with Gasteiger partial charge in [0.25, 0.3) is 0 Å². The molecule has 0 amide bonds. The number of methoxy groups -OCH3 is 1. The molecule has 0 atom stereocenters. The highest BCUT2D eigenvalue weighted by molar-refractivity contribution is 6.30. The molecule has 0 saturated heterocycles. The molecule has 1 aromatic carbocycles. The Kier molecular flexibility index (Phi) is 2.70. The molecule has 0 aliphatic heterocycles. The minimum absolute atomic E-state index is 0.344. The van der Waals surface area contributed by atoms with Crippen LogP contribution in [0.4, 0.5) is 5.95 Å². The number of aromatic nitrogens is 3. The highest BCUT2D eigenvalue weighted by Gasteiger charge is 2.12. The van der Waals surface area contributed by atoms with Crippen LogP contribution in [-0.4, -0.2) is 21.9 Å². The first kappa shape index (κ1) is 10.8. The Morgan fingerprint density at radius 2 is 2.19 bits per heavy atom. The predicted octanol–water partition coefficient (Wildman–Crippen LogP) is 1.73. The SMILES string of the molecule is COc1ccc(Cl)cc1-c1nc(N)n(C)n1. The summed E-state index contributed by atoms with van der Waals surface area (Å²) in [7, 11) is 3.31. The second-order valence-electron chi connectivity index (χ2n) is 3.26. The molecule has 2 N–H and O–H groups in total. The lowest BCUT2D eigenvalue weighted by Crippen LogP contribution is -1.97. The highest BCUT2D eigenvalue weighted by Crippen LogP contribution is 2.30. The molecule has 5 nitrogen and oxygen atoms in total. The highest BCUT2D eigenvalue weighted by atomic mass is 35.5. The van der Waals surface area contributed by atoms with Crippen LogP contribution in [0.1, 0.15) is 0 Å². The third kappa shape index (κ3) is 1.81. The first-order valence-electron chi connectivity index (χ1n) is 4.62. The Labute approximate surface area is 97.8 Å². The number of hydrogen-bond acceptors (Lipinski definition) is 4. The van der Waals surface area contributed by atoms with Crippen molar-refractivity contribution in [2.75, 3.05) is 12.8 Å². The monoisotopic (exact) mass is 238 g/mol. The van der Waals surface area contributed by atoms with E-state index >= 15 is 0 Å². The molecular formula is C10H11ClN4O. The predicted molar refractivity (Wildman–Crippen MR) is 62.4 cm³/mol. The van der Waals surface area contributed by atoms with E-state index in [0.29, 0.717) is 22.5 Å². The van der Waals surface area contributed by atoms with E-state index in [9.17, 15) is 0 Å². The number of aryl methyl sites for hydroxylation is 1. The number of nitrogens with two attached hydrogens (primary N) is 1. The second-order valence-corrected chi connectivity index (χ2v) is 3.70. The van der Waals surface area contributed by atoms with Crippen molar-refractivity contribution >= 4 is 17.5 Å². The summed E-state index contributed by atoms with van der Waals surface area (Å²) < 4.78 is 6.71. The van der Waals surface area contributed by atoms with E-state index in [0.717, 1.165) is 5.56 Å². The Hall–Kier alpha value is -1.75. The summed E-state index contributed by atoms with van der Waals surface area (Å²) in [6.07, 6.45) is 0. The number of rotatable bonds is 2. The summed E-state index contributed by atoms with van der Waals surface area (Å²) in [4.78, 5) is 4.12. The molecule has 84 valence electrons. The Morgan fingerprint density at radius 1 is 1.44 bits per heavy atom. The van der Waals surface area contributed by atoms with Crippen LogP contribution in [0, 0.1) is 0 Å². The van der Waals surface area contributed by atoms with E-state index in [1.54, 1.807) is 32.4 Å². The van der Waals surface area contributed by atoms with Gasteiger partial charge in [-0.3, -0.25) is 0 Å². The van der Waals surface area contributed by atoms with Gasteiger partial charge in [0.1, 0.15) is 5.75 Å². The number of halogens is 1. The van der Waals surface area contributed by atoms with E-state index < -0.39 is 0 Å². The second kappa shape index (κ2) is 4.02. The lowest BCUT2D eigenvalue weighted by Gasteiger charge is -2.05. The molecule has 0 unspecified atom stereocenters. The zero-order valence-electron chi connectivity index (χ0n) is 8.94. The normalized spacial score (nSPS) is 10.4. The molecule has 0 spiro atoms. The van der Waals surface area contributed by atoms with Crippen LogP contribution >= 0.6 is 11.6 Å². The number of ether oxygens (including phenoxy) is 1. The van der Waals surface area contributed by atoms with Crippen LogP contribution in [0.15, 0.2) is 18.2 Å². The topological polar surface area (TPSA) is 66.0 Å². The third-order valence-corrected chi connectivity index (χ3v) is 2.43. The zero-order valence-corrected chi connectivity index (χ0v) is 9.69. The van der Waals surface area contributed by atoms with Gasteiger partial charge in [-0.05, 0) is 18.2 Å². The van der Waals surface area contributed by atoms with E-state index in [1.807, 2.05) is 0 Å². The maximum absolute atomic E-state index is 5.92. The van der Waals surface area contributed by atoms with Crippen molar-refractivity contribution in [1.82, 2.24) is 14.8 Å². The summed E-state index contributed by atoms with van der Waals surface area (Å²) >= 11 is 5.92.